The minimum atomic E-state index is 0.470. The van der Waals surface area contributed by atoms with Gasteiger partial charge in [0.25, 0.3) is 0 Å². The Morgan fingerprint density at radius 3 is 2.53 bits per heavy atom. The van der Waals surface area contributed by atoms with E-state index in [9.17, 15) is 0 Å². The predicted octanol–water partition coefficient (Wildman–Crippen LogP) is 1.91. The Morgan fingerprint density at radius 1 is 1.29 bits per heavy atom. The van der Waals surface area contributed by atoms with Crippen molar-refractivity contribution >= 4 is 0 Å². The van der Waals surface area contributed by atoms with Crippen molar-refractivity contribution in [2.45, 2.75) is 33.7 Å². The molecule has 2 aromatic rings. The Bertz CT molecular complexity index is 511. The van der Waals surface area contributed by atoms with Crippen LogP contribution in [0.15, 0.2) is 18.3 Å². The zero-order valence-electron chi connectivity index (χ0n) is 10.6. The zero-order chi connectivity index (χ0) is 12.4. The molecule has 0 fully saturated rings. The van der Waals surface area contributed by atoms with Crippen molar-refractivity contribution in [2.75, 3.05) is 0 Å². The minimum absolute atomic E-state index is 0.470. The lowest BCUT2D eigenvalue weighted by atomic mass is 10.1. The molecule has 0 aromatic carbocycles. The molecule has 17 heavy (non-hydrogen) atoms. The average Bonchev–Trinajstić information content (AvgIpc) is 2.64. The number of pyridine rings is 1. The van der Waals surface area contributed by atoms with E-state index in [4.69, 9.17) is 5.73 Å². The maximum Gasteiger partial charge on any atom is 0.0832 e. The maximum atomic E-state index is 5.53. The second-order valence-corrected chi connectivity index (χ2v) is 4.13. The first-order valence-electron chi connectivity index (χ1n) is 5.87. The molecule has 2 heterocycles. The summed E-state index contributed by atoms with van der Waals surface area (Å²) in [4.78, 5) is 4.29. The number of rotatable bonds is 3. The van der Waals surface area contributed by atoms with E-state index in [0.29, 0.717) is 6.54 Å². The Balaban J connectivity index is 2.45. The van der Waals surface area contributed by atoms with Crippen LogP contribution < -0.4 is 5.73 Å². The van der Waals surface area contributed by atoms with Gasteiger partial charge in [-0.3, -0.25) is 4.98 Å². The number of hydrogen-bond acceptors (Lipinski definition) is 3. The van der Waals surface area contributed by atoms with Gasteiger partial charge in [-0.15, -0.1) is 0 Å². The van der Waals surface area contributed by atoms with Crippen LogP contribution in [0, 0.1) is 13.8 Å². The van der Waals surface area contributed by atoms with Crippen LogP contribution in [-0.2, 0) is 13.0 Å². The van der Waals surface area contributed by atoms with E-state index in [-0.39, 0.29) is 0 Å². The van der Waals surface area contributed by atoms with Crippen molar-refractivity contribution in [2.24, 2.45) is 5.73 Å². The Kier molecular flexibility index (Phi) is 3.24. The first-order chi connectivity index (χ1) is 8.17. The second kappa shape index (κ2) is 4.67. The van der Waals surface area contributed by atoms with E-state index in [0.717, 1.165) is 23.5 Å². The molecule has 0 saturated heterocycles. The topological polar surface area (TPSA) is 56.7 Å². The number of nitrogens with zero attached hydrogens (tertiary/aromatic N) is 3. The minimum Gasteiger partial charge on any atom is -0.325 e. The lowest BCUT2D eigenvalue weighted by molar-refractivity contribution is 0.823. The van der Waals surface area contributed by atoms with Gasteiger partial charge in [-0.25, -0.2) is 4.68 Å². The van der Waals surface area contributed by atoms with Crippen molar-refractivity contribution in [3.05, 3.63) is 41.0 Å². The van der Waals surface area contributed by atoms with Crippen molar-refractivity contribution < 1.29 is 0 Å². The van der Waals surface area contributed by atoms with Crippen LogP contribution in [0.4, 0.5) is 0 Å². The summed E-state index contributed by atoms with van der Waals surface area (Å²) in [5, 5.41) is 4.55. The standard InChI is InChI=1S/C13H18N4/c1-4-13-9(2)16-17(10(13)3)12-6-5-11(7-14)15-8-12/h5-6,8H,4,7,14H2,1-3H3. The van der Waals surface area contributed by atoms with Gasteiger partial charge in [0, 0.05) is 12.2 Å². The largest absolute Gasteiger partial charge is 0.325 e. The summed E-state index contributed by atoms with van der Waals surface area (Å²) in [5.41, 5.74) is 11.0. The summed E-state index contributed by atoms with van der Waals surface area (Å²) in [5.74, 6) is 0. The van der Waals surface area contributed by atoms with Crippen LogP contribution in [0.1, 0.15) is 29.6 Å². The highest BCUT2D eigenvalue weighted by atomic mass is 15.3. The van der Waals surface area contributed by atoms with Crippen LogP contribution in [0.25, 0.3) is 5.69 Å². The van der Waals surface area contributed by atoms with Crippen LogP contribution in [0.2, 0.25) is 0 Å². The molecule has 0 aliphatic carbocycles. The highest BCUT2D eigenvalue weighted by molar-refractivity contribution is 5.35. The lowest BCUT2D eigenvalue weighted by Gasteiger charge is -2.05. The first-order valence-corrected chi connectivity index (χ1v) is 5.87. The molecule has 0 unspecified atom stereocenters. The fraction of sp³-hybridized carbons (Fsp3) is 0.385. The van der Waals surface area contributed by atoms with Gasteiger partial charge in [0.05, 0.1) is 23.3 Å². The summed E-state index contributed by atoms with van der Waals surface area (Å²) < 4.78 is 1.95. The molecule has 90 valence electrons. The number of nitrogens with two attached hydrogens (primary N) is 1. The van der Waals surface area contributed by atoms with E-state index in [1.165, 1.54) is 11.3 Å². The summed E-state index contributed by atoms with van der Waals surface area (Å²) in [6.07, 6.45) is 2.83. The fourth-order valence-corrected chi connectivity index (χ4v) is 2.10. The highest BCUT2D eigenvalue weighted by Gasteiger charge is 2.10. The molecule has 0 aliphatic rings. The van der Waals surface area contributed by atoms with Gasteiger partial charge in [0.1, 0.15) is 0 Å². The number of aromatic nitrogens is 3. The maximum absolute atomic E-state index is 5.53. The highest BCUT2D eigenvalue weighted by Crippen LogP contribution is 2.17. The van der Waals surface area contributed by atoms with E-state index in [2.05, 4.69) is 23.9 Å². The van der Waals surface area contributed by atoms with Gasteiger partial charge in [-0.1, -0.05) is 6.92 Å². The van der Waals surface area contributed by atoms with Crippen LogP contribution in [-0.4, -0.2) is 14.8 Å². The van der Waals surface area contributed by atoms with E-state index in [1.807, 2.05) is 29.9 Å². The molecule has 0 aliphatic heterocycles. The van der Waals surface area contributed by atoms with Gasteiger partial charge >= 0.3 is 0 Å². The fourth-order valence-electron chi connectivity index (χ4n) is 2.10. The molecule has 2 aromatic heterocycles. The third kappa shape index (κ3) is 2.08. The van der Waals surface area contributed by atoms with Gasteiger partial charge < -0.3 is 5.73 Å². The molecule has 4 nitrogen and oxygen atoms in total. The Labute approximate surface area is 101 Å². The van der Waals surface area contributed by atoms with Crippen LogP contribution in [0.5, 0.6) is 0 Å². The molecular formula is C13H18N4. The summed E-state index contributed by atoms with van der Waals surface area (Å²) >= 11 is 0. The molecule has 0 spiro atoms. The van der Waals surface area contributed by atoms with E-state index in [1.54, 1.807) is 0 Å². The molecular weight excluding hydrogens is 212 g/mol. The summed E-state index contributed by atoms with van der Waals surface area (Å²) in [6, 6.07) is 3.95. The van der Waals surface area contributed by atoms with Crippen molar-refractivity contribution in [3.63, 3.8) is 0 Å². The van der Waals surface area contributed by atoms with Crippen LogP contribution in [0.3, 0.4) is 0 Å². The van der Waals surface area contributed by atoms with Gasteiger partial charge in [0.15, 0.2) is 0 Å². The van der Waals surface area contributed by atoms with Crippen molar-refractivity contribution in [1.29, 1.82) is 0 Å². The summed E-state index contributed by atoms with van der Waals surface area (Å²) in [7, 11) is 0. The zero-order valence-corrected chi connectivity index (χ0v) is 10.6. The van der Waals surface area contributed by atoms with Crippen molar-refractivity contribution in [1.82, 2.24) is 14.8 Å². The smallest absolute Gasteiger partial charge is 0.0832 e. The third-order valence-corrected chi connectivity index (χ3v) is 3.06. The molecule has 2 rings (SSSR count). The molecule has 4 heteroatoms. The Hall–Kier alpha value is -1.68. The third-order valence-electron chi connectivity index (χ3n) is 3.06. The molecule has 0 radical (unpaired) electrons. The molecule has 2 N–H and O–H groups in total. The van der Waals surface area contributed by atoms with Crippen molar-refractivity contribution in [3.8, 4) is 5.69 Å². The van der Waals surface area contributed by atoms with Gasteiger partial charge in [0.2, 0.25) is 0 Å². The number of aryl methyl sites for hydroxylation is 1. The predicted molar refractivity (Wildman–Crippen MR) is 68.1 cm³/mol. The van der Waals surface area contributed by atoms with E-state index < -0.39 is 0 Å². The van der Waals surface area contributed by atoms with Crippen LogP contribution >= 0.6 is 0 Å². The van der Waals surface area contributed by atoms with Gasteiger partial charge in [-0.05, 0) is 38.0 Å². The second-order valence-electron chi connectivity index (χ2n) is 4.13. The first kappa shape index (κ1) is 11.8. The average molecular weight is 230 g/mol. The quantitative estimate of drug-likeness (QED) is 0.876. The monoisotopic (exact) mass is 230 g/mol. The Morgan fingerprint density at radius 2 is 2.06 bits per heavy atom. The molecule has 0 bridgehead atoms. The number of hydrogen-bond donors (Lipinski definition) is 1. The normalized spacial score (nSPS) is 10.8. The summed E-state index contributed by atoms with van der Waals surface area (Å²) in [6.45, 7) is 6.76. The van der Waals surface area contributed by atoms with E-state index >= 15 is 0 Å². The SMILES string of the molecule is CCc1c(C)nn(-c2ccc(CN)nc2)c1C. The molecule has 0 amide bonds. The lowest BCUT2D eigenvalue weighted by Crippen LogP contribution is -2.03. The molecule has 0 saturated carbocycles. The molecule has 0 atom stereocenters. The van der Waals surface area contributed by atoms with Gasteiger partial charge in [-0.2, -0.15) is 5.10 Å².